The molecule has 0 aliphatic carbocycles. The van der Waals surface area contributed by atoms with E-state index < -0.39 is 0 Å². The van der Waals surface area contributed by atoms with Crippen LogP contribution in [0, 0.1) is 0 Å². The first-order valence-electron chi connectivity index (χ1n) is 10.3. The minimum Gasteiger partial charge on any atom is -0.493 e. The lowest BCUT2D eigenvalue weighted by atomic mass is 10.1. The maximum absolute atomic E-state index is 13.0. The molecular weight excluding hydrogens is 448 g/mol. The van der Waals surface area contributed by atoms with Gasteiger partial charge in [-0.3, -0.25) is 9.59 Å². The van der Waals surface area contributed by atoms with Crippen LogP contribution in [0.5, 0.6) is 5.75 Å². The second kappa shape index (κ2) is 11.1. The smallest absolute Gasteiger partial charge is 0.259 e. The summed E-state index contributed by atoms with van der Waals surface area (Å²) in [6, 6.07) is 12.3. The highest BCUT2D eigenvalue weighted by Crippen LogP contribution is 2.25. The van der Waals surface area contributed by atoms with Crippen molar-refractivity contribution < 1.29 is 19.1 Å². The molecule has 2 amide bonds. The molecule has 1 unspecified atom stereocenters. The predicted molar refractivity (Wildman–Crippen MR) is 120 cm³/mol. The fourth-order valence-electron chi connectivity index (χ4n) is 3.22. The van der Waals surface area contributed by atoms with Crippen molar-refractivity contribution in [1.29, 1.82) is 0 Å². The fourth-order valence-corrected chi connectivity index (χ4v) is 3.58. The Kier molecular flexibility index (Phi) is 8.28. The largest absolute Gasteiger partial charge is 0.493 e. The van der Waals surface area contributed by atoms with Crippen LogP contribution in [-0.2, 0) is 4.74 Å². The van der Waals surface area contributed by atoms with Gasteiger partial charge in [0.05, 0.1) is 29.5 Å². The molecule has 6 nitrogen and oxygen atoms in total. The zero-order valence-electron chi connectivity index (χ0n) is 17.1. The number of halogens is 1. The molecule has 3 rings (SSSR count). The molecule has 160 valence electrons. The van der Waals surface area contributed by atoms with E-state index in [4.69, 9.17) is 9.47 Å². The number of unbranched alkanes of at least 4 members (excludes halogenated alkanes) is 1. The van der Waals surface area contributed by atoms with Crippen LogP contribution < -0.4 is 15.4 Å². The number of carbonyl (C=O) groups is 2. The molecule has 0 radical (unpaired) electrons. The van der Waals surface area contributed by atoms with Crippen molar-refractivity contribution in [3.8, 4) is 5.75 Å². The number of anilines is 1. The van der Waals surface area contributed by atoms with Gasteiger partial charge in [-0.25, -0.2) is 0 Å². The van der Waals surface area contributed by atoms with Crippen LogP contribution in [-0.4, -0.2) is 37.7 Å². The van der Waals surface area contributed by atoms with Crippen molar-refractivity contribution in [2.45, 2.75) is 38.7 Å². The van der Waals surface area contributed by atoms with Gasteiger partial charge in [-0.2, -0.15) is 0 Å². The summed E-state index contributed by atoms with van der Waals surface area (Å²) in [5.74, 6) is -0.0540. The highest BCUT2D eigenvalue weighted by atomic mass is 79.9. The predicted octanol–water partition coefficient (Wildman–Crippen LogP) is 4.79. The summed E-state index contributed by atoms with van der Waals surface area (Å²) in [6.07, 6.45) is 3.93. The minimum absolute atomic E-state index is 0.0557. The van der Waals surface area contributed by atoms with Crippen molar-refractivity contribution in [3.05, 3.63) is 58.1 Å². The van der Waals surface area contributed by atoms with Crippen LogP contribution in [0.4, 0.5) is 5.69 Å². The molecule has 1 aliphatic heterocycles. The molecule has 1 heterocycles. The van der Waals surface area contributed by atoms with Crippen molar-refractivity contribution in [2.24, 2.45) is 0 Å². The van der Waals surface area contributed by atoms with Crippen LogP contribution >= 0.6 is 15.9 Å². The van der Waals surface area contributed by atoms with Crippen LogP contribution in [0.1, 0.15) is 53.3 Å². The Morgan fingerprint density at radius 1 is 1.17 bits per heavy atom. The third-order valence-corrected chi connectivity index (χ3v) is 5.37. The van der Waals surface area contributed by atoms with Crippen molar-refractivity contribution in [1.82, 2.24) is 5.32 Å². The van der Waals surface area contributed by atoms with Gasteiger partial charge >= 0.3 is 0 Å². The summed E-state index contributed by atoms with van der Waals surface area (Å²) < 4.78 is 12.1. The summed E-state index contributed by atoms with van der Waals surface area (Å²) in [5.41, 5.74) is 1.27. The second-order valence-corrected chi connectivity index (χ2v) is 8.10. The first-order chi connectivity index (χ1) is 14.6. The van der Waals surface area contributed by atoms with E-state index >= 15 is 0 Å². The van der Waals surface area contributed by atoms with Gasteiger partial charge in [0.2, 0.25) is 0 Å². The Hall–Kier alpha value is -2.38. The molecule has 1 aliphatic rings. The van der Waals surface area contributed by atoms with Crippen LogP contribution in [0.25, 0.3) is 0 Å². The van der Waals surface area contributed by atoms with Gasteiger partial charge in [-0.1, -0.05) is 41.4 Å². The van der Waals surface area contributed by atoms with E-state index in [-0.39, 0.29) is 17.9 Å². The molecule has 2 N–H and O–H groups in total. The summed E-state index contributed by atoms with van der Waals surface area (Å²) in [6.45, 7) is 3.82. The lowest BCUT2D eigenvalue weighted by molar-refractivity contribution is 0.0858. The number of rotatable bonds is 9. The standard InChI is InChI=1S/C23H27BrN2O4/c1-2-3-12-30-21-11-10-16(24)14-19(21)23(28)26-20-9-5-4-8-18(20)22(27)25-15-17-7-6-13-29-17/h4-5,8-11,14,17H,2-3,6-7,12-13,15H2,1H3,(H,25,27)(H,26,28). The summed E-state index contributed by atoms with van der Waals surface area (Å²) in [4.78, 5) is 25.7. The number of hydrogen-bond acceptors (Lipinski definition) is 4. The Balaban J connectivity index is 1.72. The van der Waals surface area contributed by atoms with Crippen LogP contribution in [0.2, 0.25) is 0 Å². The van der Waals surface area contributed by atoms with Gasteiger partial charge in [-0.05, 0) is 49.6 Å². The number of benzene rings is 2. The van der Waals surface area contributed by atoms with Gasteiger partial charge < -0.3 is 20.1 Å². The maximum Gasteiger partial charge on any atom is 0.259 e. The fraction of sp³-hybridized carbons (Fsp3) is 0.391. The first kappa shape index (κ1) is 22.3. The maximum atomic E-state index is 13.0. The van der Waals surface area contributed by atoms with Crippen molar-refractivity contribution >= 4 is 33.4 Å². The number of ether oxygens (including phenoxy) is 2. The van der Waals surface area contributed by atoms with Gasteiger partial charge in [-0.15, -0.1) is 0 Å². The van der Waals surface area contributed by atoms with Gasteiger partial charge in [0, 0.05) is 17.6 Å². The van der Waals surface area contributed by atoms with Gasteiger partial charge in [0.1, 0.15) is 5.75 Å². The molecule has 2 aromatic rings. The second-order valence-electron chi connectivity index (χ2n) is 7.19. The highest BCUT2D eigenvalue weighted by molar-refractivity contribution is 9.10. The van der Waals surface area contributed by atoms with E-state index in [9.17, 15) is 9.59 Å². The number of nitrogens with one attached hydrogen (secondary N) is 2. The van der Waals surface area contributed by atoms with Crippen LogP contribution in [0.15, 0.2) is 46.9 Å². The zero-order chi connectivity index (χ0) is 21.3. The molecule has 7 heteroatoms. The van der Waals surface area contributed by atoms with Crippen molar-refractivity contribution in [3.63, 3.8) is 0 Å². The molecule has 1 saturated heterocycles. The minimum atomic E-state index is -0.331. The average molecular weight is 475 g/mol. The first-order valence-corrected chi connectivity index (χ1v) is 11.1. The molecule has 30 heavy (non-hydrogen) atoms. The zero-order valence-corrected chi connectivity index (χ0v) is 18.7. The average Bonchev–Trinajstić information content (AvgIpc) is 3.27. The normalized spacial score (nSPS) is 15.6. The molecule has 0 aromatic heterocycles. The topological polar surface area (TPSA) is 76.7 Å². The molecular formula is C23H27BrN2O4. The van der Waals surface area contributed by atoms with E-state index in [1.54, 1.807) is 36.4 Å². The van der Waals surface area contributed by atoms with E-state index in [1.807, 2.05) is 6.07 Å². The van der Waals surface area contributed by atoms with Crippen molar-refractivity contribution in [2.75, 3.05) is 25.1 Å². The Morgan fingerprint density at radius 2 is 2.00 bits per heavy atom. The number of carbonyl (C=O) groups excluding carboxylic acids is 2. The van der Waals surface area contributed by atoms with E-state index in [1.165, 1.54) is 0 Å². The monoisotopic (exact) mass is 474 g/mol. The third-order valence-electron chi connectivity index (χ3n) is 4.88. The molecule has 2 aromatic carbocycles. The van der Waals surface area contributed by atoms with Crippen LogP contribution in [0.3, 0.4) is 0 Å². The quantitative estimate of drug-likeness (QED) is 0.512. The molecule has 0 spiro atoms. The SMILES string of the molecule is CCCCOc1ccc(Br)cc1C(=O)Nc1ccccc1C(=O)NCC1CCCO1. The number of hydrogen-bond donors (Lipinski definition) is 2. The summed E-state index contributed by atoms with van der Waals surface area (Å²) >= 11 is 3.41. The molecule has 0 bridgehead atoms. The van der Waals surface area contributed by atoms with Gasteiger partial charge in [0.25, 0.3) is 11.8 Å². The third kappa shape index (κ3) is 6.06. The van der Waals surface area contributed by atoms with E-state index in [2.05, 4.69) is 33.5 Å². The Labute approximate surface area is 185 Å². The molecule has 1 atom stereocenters. The number of para-hydroxylation sites is 1. The van der Waals surface area contributed by atoms with Gasteiger partial charge in [0.15, 0.2) is 0 Å². The Bertz CT molecular complexity index is 881. The highest BCUT2D eigenvalue weighted by Gasteiger charge is 2.20. The lowest BCUT2D eigenvalue weighted by Gasteiger charge is -2.15. The van der Waals surface area contributed by atoms with E-state index in [0.717, 1.165) is 36.8 Å². The Morgan fingerprint density at radius 3 is 2.77 bits per heavy atom. The lowest BCUT2D eigenvalue weighted by Crippen LogP contribution is -2.32. The molecule has 0 saturated carbocycles. The van der Waals surface area contributed by atoms with E-state index in [0.29, 0.717) is 35.7 Å². The summed E-state index contributed by atoms with van der Waals surface area (Å²) in [7, 11) is 0. The molecule has 1 fully saturated rings. The summed E-state index contributed by atoms with van der Waals surface area (Å²) in [5, 5.41) is 5.76. The number of amides is 2.